The lowest BCUT2D eigenvalue weighted by Crippen LogP contribution is -2.45. The summed E-state index contributed by atoms with van der Waals surface area (Å²) < 4.78 is 23.3. The van der Waals surface area contributed by atoms with Crippen LogP contribution < -0.4 is 10.2 Å². The molecule has 0 radical (unpaired) electrons. The third-order valence-corrected chi connectivity index (χ3v) is 14.2. The van der Waals surface area contributed by atoms with Crippen molar-refractivity contribution in [3.8, 4) is 0 Å². The summed E-state index contributed by atoms with van der Waals surface area (Å²) in [6.07, 6.45) is 67.6. The Labute approximate surface area is 429 Å². The molecule has 0 aliphatic carbocycles. The van der Waals surface area contributed by atoms with Crippen molar-refractivity contribution in [2.75, 3.05) is 40.9 Å². The highest BCUT2D eigenvalue weighted by Crippen LogP contribution is 2.38. The molecule has 0 aromatic rings. The van der Waals surface area contributed by atoms with Crippen molar-refractivity contribution in [1.82, 2.24) is 5.32 Å². The van der Waals surface area contributed by atoms with Crippen molar-refractivity contribution >= 4 is 13.7 Å². The second kappa shape index (κ2) is 51.4. The Balaban J connectivity index is 4.20. The molecule has 0 rings (SSSR count). The molecule has 0 spiro atoms. The van der Waals surface area contributed by atoms with E-state index in [4.69, 9.17) is 9.05 Å². The Morgan fingerprint density at radius 1 is 0.507 bits per heavy atom. The minimum atomic E-state index is -4.61. The standard InChI is InChI=1S/C60H115N2O6P/c1-6-8-10-12-14-16-18-20-22-24-26-28-29-30-31-32-33-34-36-38-40-42-44-46-48-50-52-54-60(64)61-58(57-68-69(65,66)67-56-55-62(3,4)5)59(63)53-51-49-47-45-43-41-39-37-35-27-25-23-21-19-17-15-13-11-9-7-2/h18,20,24,26,43,45,51,53,58-59,63H,6-17,19,21-23,25,27-42,44,46-50,52,54-57H2,1-5H3,(H-,61,64,65,66)/b20-18-,26-24-,45-43+,53-51+. The van der Waals surface area contributed by atoms with Gasteiger partial charge in [-0.25, -0.2) is 0 Å². The Morgan fingerprint density at radius 2 is 0.855 bits per heavy atom. The normalized spacial score (nSPS) is 14.2. The molecular weight excluding hydrogens is 876 g/mol. The number of quaternary nitrogens is 1. The van der Waals surface area contributed by atoms with E-state index in [0.717, 1.165) is 44.9 Å². The maximum absolute atomic E-state index is 13.0. The molecule has 8 nitrogen and oxygen atoms in total. The summed E-state index contributed by atoms with van der Waals surface area (Å²) in [5.74, 6) is -0.205. The van der Waals surface area contributed by atoms with E-state index >= 15 is 0 Å². The molecule has 2 N–H and O–H groups in total. The van der Waals surface area contributed by atoms with Crippen LogP contribution in [-0.2, 0) is 18.4 Å². The number of likely N-dealkylation sites (N-methyl/N-ethyl adjacent to an activating group) is 1. The van der Waals surface area contributed by atoms with Gasteiger partial charge in [-0.05, 0) is 64.2 Å². The van der Waals surface area contributed by atoms with Crippen LogP contribution in [0.15, 0.2) is 48.6 Å². The zero-order valence-corrected chi connectivity index (χ0v) is 47.2. The van der Waals surface area contributed by atoms with E-state index in [0.29, 0.717) is 17.4 Å². The maximum atomic E-state index is 13.0. The molecule has 9 heteroatoms. The highest BCUT2D eigenvalue weighted by Gasteiger charge is 2.23. The van der Waals surface area contributed by atoms with E-state index in [1.165, 1.54) is 212 Å². The number of phosphoric ester groups is 1. The van der Waals surface area contributed by atoms with Gasteiger partial charge in [-0.3, -0.25) is 9.36 Å². The molecule has 0 aliphatic rings. The maximum Gasteiger partial charge on any atom is 0.268 e. The Hall–Kier alpha value is -1.54. The summed E-state index contributed by atoms with van der Waals surface area (Å²) >= 11 is 0. The number of carbonyl (C=O) groups is 1. The first-order valence-electron chi connectivity index (χ1n) is 29.5. The summed E-state index contributed by atoms with van der Waals surface area (Å²) in [4.78, 5) is 25.5. The molecule has 0 saturated carbocycles. The van der Waals surface area contributed by atoms with Gasteiger partial charge >= 0.3 is 0 Å². The average Bonchev–Trinajstić information content (AvgIpc) is 3.31. The van der Waals surface area contributed by atoms with Crippen LogP contribution in [0.1, 0.15) is 277 Å². The molecule has 0 bridgehead atoms. The molecule has 406 valence electrons. The summed E-state index contributed by atoms with van der Waals surface area (Å²) in [6.45, 7) is 4.65. The lowest BCUT2D eigenvalue weighted by atomic mass is 10.0. The van der Waals surface area contributed by atoms with Crippen LogP contribution in [0.25, 0.3) is 0 Å². The van der Waals surface area contributed by atoms with Crippen molar-refractivity contribution in [2.45, 2.75) is 289 Å². The molecule has 0 aromatic heterocycles. The number of carbonyl (C=O) groups excluding carboxylic acids is 1. The van der Waals surface area contributed by atoms with Gasteiger partial charge in [0.2, 0.25) is 5.91 Å². The van der Waals surface area contributed by atoms with E-state index < -0.39 is 26.6 Å². The molecular formula is C60H115N2O6P. The van der Waals surface area contributed by atoms with Gasteiger partial charge in [0.1, 0.15) is 13.2 Å². The lowest BCUT2D eigenvalue weighted by Gasteiger charge is -2.29. The number of hydrogen-bond donors (Lipinski definition) is 2. The van der Waals surface area contributed by atoms with Crippen molar-refractivity contribution in [2.24, 2.45) is 0 Å². The van der Waals surface area contributed by atoms with Gasteiger partial charge < -0.3 is 28.8 Å². The van der Waals surface area contributed by atoms with Crippen LogP contribution in [0.2, 0.25) is 0 Å². The quantitative estimate of drug-likeness (QED) is 0.0272. The van der Waals surface area contributed by atoms with Gasteiger partial charge in [0.05, 0.1) is 39.9 Å². The monoisotopic (exact) mass is 991 g/mol. The van der Waals surface area contributed by atoms with E-state index in [-0.39, 0.29) is 12.5 Å². The second-order valence-corrected chi connectivity index (χ2v) is 22.8. The summed E-state index contributed by atoms with van der Waals surface area (Å²) in [6, 6.07) is -0.904. The third-order valence-electron chi connectivity index (χ3n) is 13.3. The molecule has 1 amide bonds. The second-order valence-electron chi connectivity index (χ2n) is 21.3. The number of amides is 1. The zero-order valence-electron chi connectivity index (χ0n) is 46.3. The highest BCUT2D eigenvalue weighted by atomic mass is 31.2. The van der Waals surface area contributed by atoms with Gasteiger partial charge in [0.15, 0.2) is 0 Å². The minimum absolute atomic E-state index is 0.00624. The first-order valence-corrected chi connectivity index (χ1v) is 31.0. The average molecular weight is 992 g/mol. The van der Waals surface area contributed by atoms with Crippen LogP contribution in [0.3, 0.4) is 0 Å². The van der Waals surface area contributed by atoms with Gasteiger partial charge in [-0.2, -0.15) is 0 Å². The summed E-state index contributed by atoms with van der Waals surface area (Å²) in [7, 11) is 1.25. The minimum Gasteiger partial charge on any atom is -0.756 e. The van der Waals surface area contributed by atoms with Crippen LogP contribution >= 0.6 is 7.82 Å². The number of nitrogens with one attached hydrogen (secondary N) is 1. The van der Waals surface area contributed by atoms with E-state index in [1.54, 1.807) is 6.08 Å². The smallest absolute Gasteiger partial charge is 0.268 e. The first kappa shape index (κ1) is 67.5. The lowest BCUT2D eigenvalue weighted by molar-refractivity contribution is -0.870. The van der Waals surface area contributed by atoms with Crippen LogP contribution in [0.5, 0.6) is 0 Å². The predicted molar refractivity (Wildman–Crippen MR) is 298 cm³/mol. The molecule has 0 heterocycles. The van der Waals surface area contributed by atoms with Crippen LogP contribution in [0, 0.1) is 0 Å². The van der Waals surface area contributed by atoms with Crippen LogP contribution in [0.4, 0.5) is 0 Å². The number of aliphatic hydroxyl groups excluding tert-OH is 1. The molecule has 69 heavy (non-hydrogen) atoms. The number of aliphatic hydroxyl groups is 1. The Morgan fingerprint density at radius 3 is 1.26 bits per heavy atom. The topological polar surface area (TPSA) is 108 Å². The SMILES string of the molecule is CCCCCCC/C=C\C/C=C\CCCCCCCCCCCCCCCCCC(=O)NC(COP(=O)([O-])OCC[N+](C)(C)C)C(O)/C=C/CC/C=C/CCCCCCCCCCCCCCCC. The highest BCUT2D eigenvalue weighted by molar-refractivity contribution is 7.45. The van der Waals surface area contributed by atoms with Crippen molar-refractivity contribution in [3.05, 3.63) is 48.6 Å². The number of unbranched alkanes of at least 4 members (excludes halogenated alkanes) is 35. The van der Waals surface area contributed by atoms with E-state index in [2.05, 4.69) is 55.6 Å². The summed E-state index contributed by atoms with van der Waals surface area (Å²) in [5, 5.41) is 13.9. The van der Waals surface area contributed by atoms with Gasteiger partial charge in [-0.1, -0.05) is 255 Å². The van der Waals surface area contributed by atoms with Gasteiger partial charge in [0, 0.05) is 6.42 Å². The third kappa shape index (κ3) is 54.1. The largest absolute Gasteiger partial charge is 0.756 e. The van der Waals surface area contributed by atoms with E-state index in [9.17, 15) is 19.4 Å². The number of phosphoric acid groups is 1. The Bertz CT molecular complexity index is 1260. The zero-order chi connectivity index (χ0) is 50.6. The predicted octanol–water partition coefficient (Wildman–Crippen LogP) is 17.3. The first-order chi connectivity index (χ1) is 33.5. The molecule has 3 atom stereocenters. The molecule has 0 aliphatic heterocycles. The number of allylic oxidation sites excluding steroid dienone is 7. The number of hydrogen-bond acceptors (Lipinski definition) is 6. The van der Waals surface area contributed by atoms with E-state index in [1.807, 2.05) is 27.2 Å². The summed E-state index contributed by atoms with van der Waals surface area (Å²) in [5.41, 5.74) is 0. The van der Waals surface area contributed by atoms with Crippen LogP contribution in [-0.4, -0.2) is 68.5 Å². The number of rotatable bonds is 54. The number of nitrogens with zero attached hydrogens (tertiary/aromatic N) is 1. The fourth-order valence-corrected chi connectivity index (χ4v) is 9.34. The van der Waals surface area contributed by atoms with Crippen molar-refractivity contribution < 1.29 is 32.9 Å². The molecule has 0 saturated heterocycles. The molecule has 0 fully saturated rings. The van der Waals surface area contributed by atoms with Gasteiger partial charge in [0.25, 0.3) is 7.82 Å². The fraction of sp³-hybridized carbons (Fsp3) is 0.850. The van der Waals surface area contributed by atoms with Gasteiger partial charge in [-0.15, -0.1) is 0 Å². The molecule has 0 aromatic carbocycles. The Kier molecular flexibility index (Phi) is 50.2. The fourth-order valence-electron chi connectivity index (χ4n) is 8.61. The van der Waals surface area contributed by atoms with Crippen molar-refractivity contribution in [3.63, 3.8) is 0 Å². The van der Waals surface area contributed by atoms with Crippen molar-refractivity contribution in [1.29, 1.82) is 0 Å². The molecule has 3 unspecified atom stereocenters.